The summed E-state index contributed by atoms with van der Waals surface area (Å²) in [6, 6.07) is 18.0. The third-order valence-corrected chi connectivity index (χ3v) is 4.47. The quantitative estimate of drug-likeness (QED) is 0.920. The van der Waals surface area contributed by atoms with Gasteiger partial charge in [0.15, 0.2) is 0 Å². The van der Waals surface area contributed by atoms with E-state index in [0.29, 0.717) is 12.5 Å². The summed E-state index contributed by atoms with van der Waals surface area (Å²) in [5, 5.41) is 0. The number of carbonyl (C=O) groups excluding carboxylic acids is 1. The molecule has 0 saturated heterocycles. The van der Waals surface area contributed by atoms with Crippen molar-refractivity contribution >= 4 is 5.91 Å². The molecule has 2 N–H and O–H groups in total. The minimum Gasteiger partial charge on any atom is -0.337 e. The minimum absolute atomic E-state index is 0.0572. The molecule has 0 bridgehead atoms. The van der Waals surface area contributed by atoms with E-state index in [4.69, 9.17) is 5.73 Å². The van der Waals surface area contributed by atoms with E-state index in [2.05, 4.69) is 0 Å². The molecule has 2 aromatic carbocycles. The predicted octanol–water partition coefficient (Wildman–Crippen LogP) is 3.16. The van der Waals surface area contributed by atoms with Gasteiger partial charge in [-0.15, -0.1) is 0 Å². The minimum atomic E-state index is 0.0572. The fourth-order valence-electron chi connectivity index (χ4n) is 3.03. The zero-order valence-electron chi connectivity index (χ0n) is 12.9. The third-order valence-electron chi connectivity index (χ3n) is 4.47. The highest BCUT2D eigenvalue weighted by Crippen LogP contribution is 2.35. The number of hydrogen-bond acceptors (Lipinski definition) is 2. The van der Waals surface area contributed by atoms with Crippen LogP contribution in [0.2, 0.25) is 0 Å². The fourth-order valence-corrected chi connectivity index (χ4v) is 3.03. The molecule has 0 spiro atoms. The molecular formula is C19H22N2O. The van der Waals surface area contributed by atoms with E-state index >= 15 is 0 Å². The van der Waals surface area contributed by atoms with Gasteiger partial charge in [-0.3, -0.25) is 4.79 Å². The molecule has 3 heteroatoms. The molecule has 0 heterocycles. The molecule has 1 aliphatic carbocycles. The van der Waals surface area contributed by atoms with Crippen molar-refractivity contribution in [3.8, 4) is 11.1 Å². The van der Waals surface area contributed by atoms with Crippen LogP contribution in [-0.2, 0) is 0 Å². The summed E-state index contributed by atoms with van der Waals surface area (Å²) < 4.78 is 0. The molecule has 114 valence electrons. The van der Waals surface area contributed by atoms with Crippen molar-refractivity contribution in [3.63, 3.8) is 0 Å². The van der Waals surface area contributed by atoms with Crippen LogP contribution in [0.25, 0.3) is 11.1 Å². The van der Waals surface area contributed by atoms with Gasteiger partial charge in [0, 0.05) is 25.2 Å². The van der Waals surface area contributed by atoms with Crippen LogP contribution in [0.4, 0.5) is 0 Å². The zero-order valence-corrected chi connectivity index (χ0v) is 12.9. The first-order valence-electron chi connectivity index (χ1n) is 7.84. The van der Waals surface area contributed by atoms with Gasteiger partial charge in [0.25, 0.3) is 5.91 Å². The Balaban J connectivity index is 1.93. The SMILES string of the molecule is CN(C(=O)c1ccccc1-c1ccccc1)C(CN)C1CC1. The number of likely N-dealkylation sites (N-methyl/N-ethyl adjacent to an activating group) is 1. The zero-order chi connectivity index (χ0) is 15.5. The lowest BCUT2D eigenvalue weighted by molar-refractivity contribution is 0.0719. The molecular weight excluding hydrogens is 272 g/mol. The van der Waals surface area contributed by atoms with Crippen LogP contribution < -0.4 is 5.73 Å². The first-order chi connectivity index (χ1) is 10.7. The standard InChI is InChI=1S/C19H22N2O/c1-21(18(13-20)15-11-12-15)19(22)17-10-6-5-9-16(17)14-7-3-2-4-8-14/h2-10,15,18H,11-13,20H2,1H3. The van der Waals surface area contributed by atoms with Crippen LogP contribution in [0.5, 0.6) is 0 Å². The van der Waals surface area contributed by atoms with Gasteiger partial charge in [-0.05, 0) is 36.0 Å². The Hall–Kier alpha value is -2.13. The van der Waals surface area contributed by atoms with Gasteiger partial charge in [0.2, 0.25) is 0 Å². The van der Waals surface area contributed by atoms with Gasteiger partial charge in [-0.2, -0.15) is 0 Å². The van der Waals surface area contributed by atoms with Gasteiger partial charge in [0.05, 0.1) is 0 Å². The van der Waals surface area contributed by atoms with Crippen molar-refractivity contribution in [2.75, 3.05) is 13.6 Å². The second kappa shape index (κ2) is 6.32. The van der Waals surface area contributed by atoms with Gasteiger partial charge < -0.3 is 10.6 Å². The number of carbonyl (C=O) groups is 1. The Kier molecular flexibility index (Phi) is 4.25. The van der Waals surface area contributed by atoms with Crippen molar-refractivity contribution in [1.82, 2.24) is 4.90 Å². The molecule has 3 rings (SSSR count). The largest absolute Gasteiger partial charge is 0.337 e. The first-order valence-corrected chi connectivity index (χ1v) is 7.84. The average Bonchev–Trinajstić information content (AvgIpc) is 3.40. The van der Waals surface area contributed by atoms with E-state index < -0.39 is 0 Å². The number of amides is 1. The highest BCUT2D eigenvalue weighted by Gasteiger charge is 2.35. The topological polar surface area (TPSA) is 46.3 Å². The molecule has 2 aromatic rings. The lowest BCUT2D eigenvalue weighted by Crippen LogP contribution is -2.43. The molecule has 0 aliphatic heterocycles. The summed E-state index contributed by atoms with van der Waals surface area (Å²) in [6.45, 7) is 0.528. The highest BCUT2D eigenvalue weighted by molar-refractivity contribution is 6.01. The van der Waals surface area contributed by atoms with Crippen molar-refractivity contribution in [1.29, 1.82) is 0 Å². The molecule has 1 amide bonds. The Bertz CT molecular complexity index is 649. The molecule has 3 nitrogen and oxygen atoms in total. The van der Waals surface area contributed by atoms with Crippen molar-refractivity contribution in [2.45, 2.75) is 18.9 Å². The second-order valence-corrected chi connectivity index (χ2v) is 5.97. The smallest absolute Gasteiger partial charge is 0.254 e. The van der Waals surface area contributed by atoms with Gasteiger partial charge >= 0.3 is 0 Å². The Morgan fingerprint density at radius 1 is 1.14 bits per heavy atom. The second-order valence-electron chi connectivity index (χ2n) is 5.97. The van der Waals surface area contributed by atoms with Crippen molar-refractivity contribution < 1.29 is 4.79 Å². The molecule has 0 radical (unpaired) electrons. The van der Waals surface area contributed by atoms with Crippen molar-refractivity contribution in [3.05, 3.63) is 60.2 Å². The Morgan fingerprint density at radius 2 is 1.77 bits per heavy atom. The third kappa shape index (κ3) is 2.90. The van der Waals surface area contributed by atoms with Crippen LogP contribution in [0.15, 0.2) is 54.6 Å². The predicted molar refractivity (Wildman–Crippen MR) is 89.5 cm³/mol. The van der Waals surface area contributed by atoms with E-state index in [9.17, 15) is 4.79 Å². The number of nitrogens with two attached hydrogens (primary N) is 1. The van der Waals surface area contributed by atoms with Crippen LogP contribution in [0, 0.1) is 5.92 Å². The van der Waals surface area contributed by atoms with Gasteiger partial charge in [0.1, 0.15) is 0 Å². The van der Waals surface area contributed by atoms with Crippen LogP contribution in [0.3, 0.4) is 0 Å². The molecule has 1 atom stereocenters. The lowest BCUT2D eigenvalue weighted by Gasteiger charge is -2.28. The molecule has 0 aromatic heterocycles. The lowest BCUT2D eigenvalue weighted by atomic mass is 9.98. The summed E-state index contributed by atoms with van der Waals surface area (Å²) in [6.07, 6.45) is 2.36. The van der Waals surface area contributed by atoms with Crippen LogP contribution in [-0.4, -0.2) is 30.4 Å². The summed E-state index contributed by atoms with van der Waals surface area (Å²) in [4.78, 5) is 14.8. The van der Waals surface area contributed by atoms with Gasteiger partial charge in [-0.25, -0.2) is 0 Å². The number of hydrogen-bond donors (Lipinski definition) is 1. The summed E-state index contributed by atoms with van der Waals surface area (Å²) >= 11 is 0. The fraction of sp³-hybridized carbons (Fsp3) is 0.316. The van der Waals surface area contributed by atoms with Crippen molar-refractivity contribution in [2.24, 2.45) is 11.7 Å². The van der Waals surface area contributed by atoms with E-state index in [-0.39, 0.29) is 11.9 Å². The van der Waals surface area contributed by atoms with Crippen LogP contribution in [0.1, 0.15) is 23.2 Å². The maximum Gasteiger partial charge on any atom is 0.254 e. The molecule has 1 aliphatic rings. The average molecular weight is 294 g/mol. The molecule has 1 fully saturated rings. The Morgan fingerprint density at radius 3 is 2.41 bits per heavy atom. The summed E-state index contributed by atoms with van der Waals surface area (Å²) in [5.41, 5.74) is 8.68. The molecule has 1 saturated carbocycles. The number of benzene rings is 2. The first kappa shape index (κ1) is 14.8. The summed E-state index contributed by atoms with van der Waals surface area (Å²) in [7, 11) is 1.87. The Labute approximate surface area is 131 Å². The normalized spacial score (nSPS) is 15.4. The van der Waals surface area contributed by atoms with E-state index in [1.165, 1.54) is 12.8 Å². The maximum absolute atomic E-state index is 12.9. The molecule has 22 heavy (non-hydrogen) atoms. The summed E-state index contributed by atoms with van der Waals surface area (Å²) in [5.74, 6) is 0.629. The van der Waals surface area contributed by atoms with E-state index in [0.717, 1.165) is 16.7 Å². The number of rotatable bonds is 5. The molecule has 1 unspecified atom stereocenters. The maximum atomic E-state index is 12.9. The van der Waals surface area contributed by atoms with E-state index in [1.807, 2.05) is 66.5 Å². The number of nitrogens with zero attached hydrogens (tertiary/aromatic N) is 1. The highest BCUT2D eigenvalue weighted by atomic mass is 16.2. The monoisotopic (exact) mass is 294 g/mol. The van der Waals surface area contributed by atoms with Gasteiger partial charge in [-0.1, -0.05) is 48.5 Å². The van der Waals surface area contributed by atoms with Crippen LogP contribution >= 0.6 is 0 Å². The van der Waals surface area contributed by atoms with E-state index in [1.54, 1.807) is 0 Å².